The van der Waals surface area contributed by atoms with Crippen LogP contribution in [0.1, 0.15) is 85.0 Å². The fraction of sp³-hybridized carbons (Fsp3) is 1.00. The third-order valence-corrected chi connectivity index (χ3v) is 4.31. The van der Waals surface area contributed by atoms with Gasteiger partial charge in [-0.05, 0) is 25.3 Å². The molecule has 0 radical (unpaired) electrons. The van der Waals surface area contributed by atoms with E-state index in [4.69, 9.17) is 4.74 Å². The Morgan fingerprint density at radius 1 is 0.900 bits per heavy atom. The third kappa shape index (κ3) is 8.26. The summed E-state index contributed by atoms with van der Waals surface area (Å²) in [6.07, 6.45) is 14.2. The highest BCUT2D eigenvalue weighted by atomic mass is 16.5. The lowest BCUT2D eigenvalue weighted by Crippen LogP contribution is -2.42. The Bertz CT molecular complexity index is 217. The maximum Gasteiger partial charge on any atom is 0.0728 e. The molecule has 1 N–H and O–H groups in total. The monoisotopic (exact) mass is 283 g/mol. The summed E-state index contributed by atoms with van der Waals surface area (Å²) < 4.78 is 6.25. The van der Waals surface area contributed by atoms with Crippen molar-refractivity contribution in [1.82, 2.24) is 5.32 Å². The van der Waals surface area contributed by atoms with Crippen LogP contribution < -0.4 is 5.32 Å². The zero-order valence-electron chi connectivity index (χ0n) is 14.1. The van der Waals surface area contributed by atoms with Crippen LogP contribution in [0.25, 0.3) is 0 Å². The van der Waals surface area contributed by atoms with Crippen LogP contribution in [0.4, 0.5) is 0 Å². The molecule has 120 valence electrons. The van der Waals surface area contributed by atoms with Crippen molar-refractivity contribution in [3.8, 4) is 0 Å². The lowest BCUT2D eigenvalue weighted by atomic mass is 9.95. The Labute approximate surface area is 127 Å². The molecule has 0 saturated heterocycles. The minimum atomic E-state index is 0.428. The van der Waals surface area contributed by atoms with Crippen molar-refractivity contribution in [3.63, 3.8) is 0 Å². The molecule has 1 aliphatic rings. The van der Waals surface area contributed by atoms with E-state index in [-0.39, 0.29) is 0 Å². The first-order valence-electron chi connectivity index (χ1n) is 9.09. The molecule has 2 heteroatoms. The van der Waals surface area contributed by atoms with Crippen molar-refractivity contribution in [2.24, 2.45) is 5.92 Å². The second-order valence-corrected chi connectivity index (χ2v) is 6.84. The maximum absolute atomic E-state index is 6.25. The van der Waals surface area contributed by atoms with E-state index in [1.54, 1.807) is 0 Å². The van der Waals surface area contributed by atoms with Gasteiger partial charge in [-0.1, -0.05) is 72.1 Å². The van der Waals surface area contributed by atoms with E-state index in [0.29, 0.717) is 18.1 Å². The number of likely N-dealkylation sites (N-methyl/N-ethyl adjacent to an activating group) is 1. The van der Waals surface area contributed by atoms with E-state index in [0.717, 1.165) is 13.2 Å². The second-order valence-electron chi connectivity index (χ2n) is 6.84. The first-order valence-corrected chi connectivity index (χ1v) is 9.09. The standard InChI is InChI=1S/C18H37NO/c1-4-19-17-13-11-9-7-5-6-8-10-12-14-18(17)20-15-16(2)3/h16-19H,4-15H2,1-3H3. The summed E-state index contributed by atoms with van der Waals surface area (Å²) >= 11 is 0. The third-order valence-electron chi connectivity index (χ3n) is 4.31. The fourth-order valence-electron chi connectivity index (χ4n) is 3.17. The molecule has 0 aromatic rings. The lowest BCUT2D eigenvalue weighted by Gasteiger charge is -2.29. The van der Waals surface area contributed by atoms with E-state index in [1.807, 2.05) is 0 Å². The molecule has 0 spiro atoms. The molecule has 0 bridgehead atoms. The zero-order valence-corrected chi connectivity index (χ0v) is 14.1. The normalized spacial score (nSPS) is 27.0. The van der Waals surface area contributed by atoms with Crippen molar-refractivity contribution in [2.45, 2.75) is 97.1 Å². The average molecular weight is 284 g/mol. The van der Waals surface area contributed by atoms with Gasteiger partial charge in [0.15, 0.2) is 0 Å². The van der Waals surface area contributed by atoms with Crippen molar-refractivity contribution in [3.05, 3.63) is 0 Å². The van der Waals surface area contributed by atoms with Crippen LogP contribution in [0.3, 0.4) is 0 Å². The maximum atomic E-state index is 6.25. The fourth-order valence-corrected chi connectivity index (χ4v) is 3.17. The lowest BCUT2D eigenvalue weighted by molar-refractivity contribution is 0.00283. The molecule has 1 aliphatic carbocycles. The van der Waals surface area contributed by atoms with Crippen molar-refractivity contribution < 1.29 is 4.74 Å². The quantitative estimate of drug-likeness (QED) is 0.773. The largest absolute Gasteiger partial charge is 0.376 e. The van der Waals surface area contributed by atoms with Crippen LogP contribution in [-0.2, 0) is 4.74 Å². The van der Waals surface area contributed by atoms with Gasteiger partial charge >= 0.3 is 0 Å². The molecule has 1 rings (SSSR count). The molecule has 0 aromatic carbocycles. The molecule has 1 saturated carbocycles. The summed E-state index contributed by atoms with van der Waals surface area (Å²) in [5, 5.41) is 3.69. The van der Waals surface area contributed by atoms with E-state index in [2.05, 4.69) is 26.1 Å². The highest BCUT2D eigenvalue weighted by molar-refractivity contribution is 4.78. The molecule has 2 atom stereocenters. The van der Waals surface area contributed by atoms with Crippen molar-refractivity contribution in [2.75, 3.05) is 13.2 Å². The van der Waals surface area contributed by atoms with E-state index in [9.17, 15) is 0 Å². The molecule has 2 nitrogen and oxygen atoms in total. The zero-order chi connectivity index (χ0) is 14.6. The number of ether oxygens (including phenoxy) is 1. The molecular weight excluding hydrogens is 246 g/mol. The molecule has 20 heavy (non-hydrogen) atoms. The predicted octanol–water partition coefficient (Wildman–Crippen LogP) is 4.92. The highest BCUT2D eigenvalue weighted by Gasteiger charge is 2.21. The number of nitrogens with one attached hydrogen (secondary N) is 1. The molecule has 1 fully saturated rings. The molecule has 0 amide bonds. The highest BCUT2D eigenvalue weighted by Crippen LogP contribution is 2.20. The van der Waals surface area contributed by atoms with Gasteiger partial charge in [0.1, 0.15) is 0 Å². The molecular formula is C18H37NO. The van der Waals surface area contributed by atoms with Crippen LogP contribution >= 0.6 is 0 Å². The van der Waals surface area contributed by atoms with E-state index in [1.165, 1.54) is 64.2 Å². The minimum absolute atomic E-state index is 0.428. The van der Waals surface area contributed by atoms with E-state index >= 15 is 0 Å². The van der Waals surface area contributed by atoms with Crippen LogP contribution in [-0.4, -0.2) is 25.3 Å². The topological polar surface area (TPSA) is 21.3 Å². The van der Waals surface area contributed by atoms with Crippen molar-refractivity contribution in [1.29, 1.82) is 0 Å². The van der Waals surface area contributed by atoms with Crippen LogP contribution in [0.5, 0.6) is 0 Å². The Balaban J connectivity index is 2.51. The molecule has 0 aliphatic heterocycles. The smallest absolute Gasteiger partial charge is 0.0728 e. The Hall–Kier alpha value is -0.0800. The predicted molar refractivity (Wildman–Crippen MR) is 88.2 cm³/mol. The number of hydrogen-bond acceptors (Lipinski definition) is 2. The van der Waals surface area contributed by atoms with Gasteiger partial charge in [0.25, 0.3) is 0 Å². The van der Waals surface area contributed by atoms with Gasteiger partial charge in [0, 0.05) is 12.6 Å². The van der Waals surface area contributed by atoms with Crippen LogP contribution in [0.15, 0.2) is 0 Å². The van der Waals surface area contributed by atoms with Gasteiger partial charge in [0.05, 0.1) is 6.10 Å². The summed E-state index contributed by atoms with van der Waals surface area (Å²) in [6.45, 7) is 8.68. The SMILES string of the molecule is CCNC1CCCCCCCCCCC1OCC(C)C. The van der Waals surface area contributed by atoms with Crippen LogP contribution in [0, 0.1) is 5.92 Å². The Morgan fingerprint density at radius 2 is 1.45 bits per heavy atom. The summed E-state index contributed by atoms with van der Waals surface area (Å²) in [4.78, 5) is 0. The Kier molecular flexibility index (Phi) is 10.4. The summed E-state index contributed by atoms with van der Waals surface area (Å²) in [5.41, 5.74) is 0. The molecule has 0 heterocycles. The molecule has 0 aromatic heterocycles. The van der Waals surface area contributed by atoms with Crippen molar-refractivity contribution >= 4 is 0 Å². The van der Waals surface area contributed by atoms with Gasteiger partial charge in [-0.2, -0.15) is 0 Å². The second kappa shape index (κ2) is 11.6. The van der Waals surface area contributed by atoms with Gasteiger partial charge in [0.2, 0.25) is 0 Å². The first-order chi connectivity index (χ1) is 9.74. The van der Waals surface area contributed by atoms with Gasteiger partial charge in [-0.25, -0.2) is 0 Å². The Morgan fingerprint density at radius 3 is 2.00 bits per heavy atom. The number of rotatable bonds is 5. The number of hydrogen-bond donors (Lipinski definition) is 1. The average Bonchev–Trinajstić information content (AvgIpc) is 2.41. The summed E-state index contributed by atoms with van der Waals surface area (Å²) in [5.74, 6) is 0.638. The van der Waals surface area contributed by atoms with Crippen LogP contribution in [0.2, 0.25) is 0 Å². The van der Waals surface area contributed by atoms with Gasteiger partial charge < -0.3 is 10.1 Å². The summed E-state index contributed by atoms with van der Waals surface area (Å²) in [6, 6.07) is 0.568. The van der Waals surface area contributed by atoms with Gasteiger partial charge in [-0.3, -0.25) is 0 Å². The first kappa shape index (κ1) is 18.0. The van der Waals surface area contributed by atoms with E-state index < -0.39 is 0 Å². The van der Waals surface area contributed by atoms with Gasteiger partial charge in [-0.15, -0.1) is 0 Å². The summed E-state index contributed by atoms with van der Waals surface area (Å²) in [7, 11) is 0. The minimum Gasteiger partial charge on any atom is -0.376 e. The molecule has 2 unspecified atom stereocenters.